The first-order chi connectivity index (χ1) is 13.5. The van der Waals surface area contributed by atoms with Crippen LogP contribution in [0.2, 0.25) is 0 Å². The van der Waals surface area contributed by atoms with Gasteiger partial charge in [0.05, 0.1) is 31.7 Å². The van der Waals surface area contributed by atoms with Crippen molar-refractivity contribution in [2.24, 2.45) is 0 Å². The van der Waals surface area contributed by atoms with E-state index in [9.17, 15) is 20.4 Å². The monoisotopic (exact) mass is 404 g/mol. The molecule has 0 bridgehead atoms. The first kappa shape index (κ1) is 19.7. The van der Waals surface area contributed by atoms with Gasteiger partial charge in [-0.15, -0.1) is 11.8 Å². The van der Waals surface area contributed by atoms with Crippen molar-refractivity contribution in [3.63, 3.8) is 0 Å². The van der Waals surface area contributed by atoms with Gasteiger partial charge in [-0.05, 0) is 35.2 Å². The molecule has 28 heavy (non-hydrogen) atoms. The van der Waals surface area contributed by atoms with Crippen molar-refractivity contribution in [3.05, 3.63) is 64.7 Å². The maximum Gasteiger partial charge on any atom is 0.168 e. The van der Waals surface area contributed by atoms with E-state index in [0.29, 0.717) is 13.0 Å². The highest BCUT2D eigenvalue weighted by Gasteiger charge is 2.57. The molecule has 6 nitrogen and oxygen atoms in total. The van der Waals surface area contributed by atoms with Crippen LogP contribution < -0.4 is 4.74 Å². The summed E-state index contributed by atoms with van der Waals surface area (Å²) in [6, 6.07) is 13.8. The lowest BCUT2D eigenvalue weighted by atomic mass is 9.91. The molecule has 7 heteroatoms. The van der Waals surface area contributed by atoms with Crippen molar-refractivity contribution in [2.45, 2.75) is 41.5 Å². The van der Waals surface area contributed by atoms with Crippen molar-refractivity contribution < 1.29 is 29.9 Å². The number of benzene rings is 2. The molecule has 0 aliphatic carbocycles. The van der Waals surface area contributed by atoms with E-state index in [2.05, 4.69) is 0 Å². The third-order valence-electron chi connectivity index (χ3n) is 5.51. The second-order valence-corrected chi connectivity index (χ2v) is 8.69. The average Bonchev–Trinajstić information content (AvgIpc) is 3.08. The Morgan fingerprint density at radius 1 is 1.07 bits per heavy atom. The number of hydrogen-bond donors (Lipinski definition) is 4. The Kier molecular flexibility index (Phi) is 5.39. The van der Waals surface area contributed by atoms with Crippen molar-refractivity contribution in [3.8, 4) is 5.75 Å². The predicted molar refractivity (Wildman–Crippen MR) is 105 cm³/mol. The molecule has 4 N–H and O–H groups in total. The first-order valence-electron chi connectivity index (χ1n) is 9.20. The summed E-state index contributed by atoms with van der Waals surface area (Å²) in [7, 11) is 1.63. The number of methoxy groups -OCH3 is 1. The molecule has 2 aliphatic heterocycles. The van der Waals surface area contributed by atoms with Gasteiger partial charge in [0.1, 0.15) is 18.0 Å². The van der Waals surface area contributed by atoms with Gasteiger partial charge in [-0.1, -0.05) is 30.3 Å². The molecule has 1 fully saturated rings. The largest absolute Gasteiger partial charge is 0.497 e. The molecule has 0 aromatic heterocycles. The maximum atomic E-state index is 10.7. The lowest BCUT2D eigenvalue weighted by Crippen LogP contribution is -2.58. The van der Waals surface area contributed by atoms with Crippen molar-refractivity contribution in [2.75, 3.05) is 13.7 Å². The molecule has 0 radical (unpaired) electrons. The van der Waals surface area contributed by atoms with Gasteiger partial charge in [-0.2, -0.15) is 0 Å². The number of ether oxygens (including phenoxy) is 2. The van der Waals surface area contributed by atoms with Gasteiger partial charge in [0, 0.05) is 5.56 Å². The second-order valence-electron chi connectivity index (χ2n) is 7.24. The molecule has 2 aliphatic rings. The Labute approximate surface area is 167 Å². The van der Waals surface area contributed by atoms with Crippen LogP contribution in [0.5, 0.6) is 5.75 Å². The van der Waals surface area contributed by atoms with E-state index in [-0.39, 0.29) is 6.61 Å². The van der Waals surface area contributed by atoms with Crippen molar-refractivity contribution in [1.82, 2.24) is 0 Å². The molecule has 150 valence electrons. The first-order valence-corrected chi connectivity index (χ1v) is 10.1. The highest BCUT2D eigenvalue weighted by Crippen LogP contribution is 2.54. The standard InChI is InChI=1S/C21H24O6S/c1-26-15-6-3-12(4-7-15)8-13-2-5-14-11-27-21(16(14)9-13)20(25)19(24)18(23)17(10-22)28-21/h2-7,9,17-20,22-25H,8,10-11H2,1H3/t17-,18-,19+,20-,21+/m1/s1. The number of thioether (sulfide) groups is 1. The Balaban J connectivity index is 1.66. The summed E-state index contributed by atoms with van der Waals surface area (Å²) in [6.07, 6.45) is -3.21. The van der Waals surface area contributed by atoms with Gasteiger partial charge in [0.2, 0.25) is 0 Å². The lowest BCUT2D eigenvalue weighted by molar-refractivity contribution is -0.147. The average molecular weight is 404 g/mol. The van der Waals surface area contributed by atoms with Crippen LogP contribution in [0.1, 0.15) is 22.3 Å². The summed E-state index contributed by atoms with van der Waals surface area (Å²) in [5.74, 6) is 0.800. The van der Waals surface area contributed by atoms with Gasteiger partial charge in [0.25, 0.3) is 0 Å². The Hall–Kier alpha value is -1.61. The van der Waals surface area contributed by atoms with Crippen molar-refractivity contribution in [1.29, 1.82) is 0 Å². The minimum Gasteiger partial charge on any atom is -0.497 e. The molecule has 5 atom stereocenters. The molecule has 1 saturated heterocycles. The fourth-order valence-electron chi connectivity index (χ4n) is 3.91. The van der Waals surface area contributed by atoms with E-state index in [0.717, 1.165) is 28.0 Å². The molecule has 4 rings (SSSR count). The van der Waals surface area contributed by atoms with Crippen LogP contribution in [0.4, 0.5) is 0 Å². The van der Waals surface area contributed by atoms with Crippen molar-refractivity contribution >= 4 is 11.8 Å². The highest BCUT2D eigenvalue weighted by atomic mass is 32.2. The minimum absolute atomic E-state index is 0.309. The fourth-order valence-corrected chi connectivity index (χ4v) is 5.46. The third kappa shape index (κ3) is 3.22. The molecule has 0 unspecified atom stereocenters. The third-order valence-corrected chi connectivity index (χ3v) is 7.17. The zero-order chi connectivity index (χ0) is 19.9. The fraction of sp³-hybridized carbons (Fsp3) is 0.429. The number of rotatable bonds is 4. The summed E-state index contributed by atoms with van der Waals surface area (Å²) in [4.78, 5) is -1.20. The molecule has 2 heterocycles. The van der Waals surface area contributed by atoms with Crippen LogP contribution in [-0.2, 0) is 22.7 Å². The van der Waals surface area contributed by atoms with Gasteiger partial charge >= 0.3 is 0 Å². The van der Waals surface area contributed by atoms with E-state index in [1.54, 1.807) is 7.11 Å². The maximum absolute atomic E-state index is 10.7. The second kappa shape index (κ2) is 7.67. The summed E-state index contributed by atoms with van der Waals surface area (Å²) in [5.41, 5.74) is 3.89. The quantitative estimate of drug-likeness (QED) is 0.607. The Bertz CT molecular complexity index is 839. The molecule has 2 aromatic carbocycles. The van der Waals surface area contributed by atoms with Gasteiger partial charge in [-0.3, -0.25) is 0 Å². The van der Waals surface area contributed by atoms with Gasteiger partial charge < -0.3 is 29.9 Å². The van der Waals surface area contributed by atoms with E-state index in [1.807, 2.05) is 42.5 Å². The molecule has 0 amide bonds. The minimum atomic E-state index is -1.39. The highest BCUT2D eigenvalue weighted by molar-refractivity contribution is 8.00. The van der Waals surface area contributed by atoms with Crippen LogP contribution in [0.15, 0.2) is 42.5 Å². The van der Waals surface area contributed by atoms with Crippen LogP contribution >= 0.6 is 11.8 Å². The van der Waals surface area contributed by atoms with Gasteiger partial charge in [0.15, 0.2) is 4.93 Å². The SMILES string of the molecule is COc1ccc(Cc2ccc3c(c2)[C@]2(OC3)S[C@H](CO)[C@@H](O)[C@H](O)[C@H]2O)cc1. The normalized spacial score (nSPS) is 31.8. The predicted octanol–water partition coefficient (Wildman–Crippen LogP) is 1.16. The number of aliphatic hydroxyl groups is 4. The molecule has 1 spiro atoms. The Morgan fingerprint density at radius 2 is 1.79 bits per heavy atom. The lowest BCUT2D eigenvalue weighted by Gasteiger charge is -2.45. The summed E-state index contributed by atoms with van der Waals surface area (Å²) in [5, 5.41) is 40.2. The number of hydrogen-bond acceptors (Lipinski definition) is 7. The molecular formula is C21H24O6S. The zero-order valence-corrected chi connectivity index (χ0v) is 16.3. The molecular weight excluding hydrogens is 380 g/mol. The van der Waals surface area contributed by atoms with Crippen LogP contribution in [0.25, 0.3) is 0 Å². The number of aliphatic hydroxyl groups excluding tert-OH is 4. The summed E-state index contributed by atoms with van der Waals surface area (Å²) in [6.45, 7) is -0.00916. The van der Waals surface area contributed by atoms with E-state index in [4.69, 9.17) is 9.47 Å². The topological polar surface area (TPSA) is 99.4 Å². The van der Waals surface area contributed by atoms with E-state index >= 15 is 0 Å². The van der Waals surface area contributed by atoms with Crippen LogP contribution in [-0.4, -0.2) is 57.7 Å². The zero-order valence-electron chi connectivity index (χ0n) is 15.5. The van der Waals surface area contributed by atoms with Crippen LogP contribution in [0.3, 0.4) is 0 Å². The molecule has 0 saturated carbocycles. The van der Waals surface area contributed by atoms with Crippen LogP contribution in [0, 0.1) is 0 Å². The smallest absolute Gasteiger partial charge is 0.168 e. The Morgan fingerprint density at radius 3 is 2.46 bits per heavy atom. The summed E-state index contributed by atoms with van der Waals surface area (Å²) >= 11 is 1.18. The summed E-state index contributed by atoms with van der Waals surface area (Å²) < 4.78 is 11.2. The van der Waals surface area contributed by atoms with E-state index < -0.39 is 28.5 Å². The van der Waals surface area contributed by atoms with Gasteiger partial charge in [-0.25, -0.2) is 0 Å². The van der Waals surface area contributed by atoms with E-state index in [1.165, 1.54) is 11.8 Å². The molecule has 2 aromatic rings. The number of fused-ring (bicyclic) bond motifs is 2.